The number of ether oxygens (including phenoxy) is 4. The fourth-order valence-electron chi connectivity index (χ4n) is 1.79. The van der Waals surface area contributed by atoms with Crippen LogP contribution in [0.15, 0.2) is 0 Å². The van der Waals surface area contributed by atoms with Gasteiger partial charge in [0.2, 0.25) is 5.91 Å². The van der Waals surface area contributed by atoms with E-state index in [4.69, 9.17) is 18.9 Å². The molecule has 1 N–H and O–H groups in total. The number of nitrogens with one attached hydrogen (secondary N) is 1. The van der Waals surface area contributed by atoms with Crippen LogP contribution in [0.3, 0.4) is 0 Å². The van der Waals surface area contributed by atoms with Gasteiger partial charge in [-0.2, -0.15) is 0 Å². The van der Waals surface area contributed by atoms with Crippen LogP contribution in [0.2, 0.25) is 0 Å². The molecule has 0 radical (unpaired) electrons. The number of hydrogen-bond acceptors (Lipinski definition) is 5. The van der Waals surface area contributed by atoms with Crippen LogP contribution in [0.4, 0.5) is 0 Å². The van der Waals surface area contributed by atoms with Crippen molar-refractivity contribution >= 4 is 5.91 Å². The quantitative estimate of drug-likeness (QED) is 0.389. The molecule has 0 spiro atoms. The summed E-state index contributed by atoms with van der Waals surface area (Å²) in [6, 6.07) is 0. The maximum atomic E-state index is 11.4. The molecule has 0 bridgehead atoms. The molecule has 0 aromatic carbocycles. The minimum Gasteiger partial charge on any atom is -0.379 e. The minimum absolute atomic E-state index is 0.110. The van der Waals surface area contributed by atoms with Gasteiger partial charge >= 0.3 is 0 Å². The zero-order valence-electron chi connectivity index (χ0n) is 14.9. The van der Waals surface area contributed by atoms with E-state index in [0.29, 0.717) is 59.2 Å². The maximum Gasteiger partial charge on any atom is 0.220 e. The standard InChI is InChI=1S/C17H35NO5/c1-3-5-6-7-17(19)18-8-10-21-12-14-23-16-15-22-13-11-20-9-4-2/h3-16H2,1-2H3,(H,18,19). The van der Waals surface area contributed by atoms with E-state index in [1.165, 1.54) is 0 Å². The first-order chi connectivity index (χ1) is 11.3. The molecule has 0 aliphatic rings. The van der Waals surface area contributed by atoms with Crippen molar-refractivity contribution in [3.05, 3.63) is 0 Å². The van der Waals surface area contributed by atoms with Gasteiger partial charge in [-0.3, -0.25) is 4.79 Å². The fourth-order valence-corrected chi connectivity index (χ4v) is 1.79. The lowest BCUT2D eigenvalue weighted by atomic mass is 10.2. The Morgan fingerprint density at radius 1 is 0.696 bits per heavy atom. The number of hydrogen-bond donors (Lipinski definition) is 1. The maximum absolute atomic E-state index is 11.4. The summed E-state index contributed by atoms with van der Waals surface area (Å²) in [5, 5.41) is 2.84. The molecule has 0 heterocycles. The van der Waals surface area contributed by atoms with Crippen LogP contribution in [-0.2, 0) is 23.7 Å². The second-order valence-electron chi connectivity index (χ2n) is 5.26. The number of carbonyl (C=O) groups is 1. The van der Waals surface area contributed by atoms with Gasteiger partial charge in [0.1, 0.15) is 0 Å². The van der Waals surface area contributed by atoms with Crippen molar-refractivity contribution in [3.8, 4) is 0 Å². The Labute approximate surface area is 141 Å². The Morgan fingerprint density at radius 3 is 1.74 bits per heavy atom. The van der Waals surface area contributed by atoms with Crippen LogP contribution < -0.4 is 5.32 Å². The van der Waals surface area contributed by atoms with Gasteiger partial charge in [0.25, 0.3) is 0 Å². The molecule has 23 heavy (non-hydrogen) atoms. The molecule has 0 atom stereocenters. The first-order valence-electron chi connectivity index (χ1n) is 8.88. The van der Waals surface area contributed by atoms with Crippen LogP contribution in [0.5, 0.6) is 0 Å². The van der Waals surface area contributed by atoms with Gasteiger partial charge in [0, 0.05) is 19.6 Å². The smallest absolute Gasteiger partial charge is 0.220 e. The normalized spacial score (nSPS) is 10.9. The first kappa shape index (κ1) is 22.3. The predicted molar refractivity (Wildman–Crippen MR) is 90.7 cm³/mol. The lowest BCUT2D eigenvalue weighted by Crippen LogP contribution is -2.27. The van der Waals surface area contributed by atoms with Crippen molar-refractivity contribution < 1.29 is 23.7 Å². The molecule has 0 unspecified atom stereocenters. The lowest BCUT2D eigenvalue weighted by Gasteiger charge is -2.08. The van der Waals surface area contributed by atoms with Crippen molar-refractivity contribution in [1.82, 2.24) is 5.32 Å². The van der Waals surface area contributed by atoms with Crippen molar-refractivity contribution in [1.29, 1.82) is 0 Å². The zero-order chi connectivity index (χ0) is 17.0. The summed E-state index contributed by atoms with van der Waals surface area (Å²) in [6.45, 7) is 9.54. The highest BCUT2D eigenvalue weighted by atomic mass is 16.6. The second-order valence-corrected chi connectivity index (χ2v) is 5.26. The van der Waals surface area contributed by atoms with Gasteiger partial charge in [-0.15, -0.1) is 0 Å². The highest BCUT2D eigenvalue weighted by Gasteiger charge is 1.99. The van der Waals surface area contributed by atoms with Crippen molar-refractivity contribution in [2.75, 3.05) is 59.4 Å². The summed E-state index contributed by atoms with van der Waals surface area (Å²) in [7, 11) is 0. The molecular formula is C17H35NO5. The van der Waals surface area contributed by atoms with E-state index < -0.39 is 0 Å². The Hall–Kier alpha value is -0.690. The Balaban J connectivity index is 3.06. The lowest BCUT2D eigenvalue weighted by molar-refractivity contribution is -0.121. The molecule has 0 fully saturated rings. The summed E-state index contributed by atoms with van der Waals surface area (Å²) in [4.78, 5) is 11.4. The molecule has 0 saturated heterocycles. The molecule has 0 aliphatic heterocycles. The third-order valence-corrected chi connectivity index (χ3v) is 3.04. The molecule has 6 heteroatoms. The van der Waals surface area contributed by atoms with Gasteiger partial charge in [-0.1, -0.05) is 26.7 Å². The second kappa shape index (κ2) is 19.4. The van der Waals surface area contributed by atoms with Crippen LogP contribution in [-0.4, -0.2) is 65.3 Å². The van der Waals surface area contributed by atoms with Gasteiger partial charge < -0.3 is 24.3 Å². The topological polar surface area (TPSA) is 66.0 Å². The predicted octanol–water partition coefficient (Wildman–Crippen LogP) is 2.16. The molecule has 0 aliphatic carbocycles. The first-order valence-corrected chi connectivity index (χ1v) is 8.88. The molecule has 0 aromatic rings. The largest absolute Gasteiger partial charge is 0.379 e. The monoisotopic (exact) mass is 333 g/mol. The van der Waals surface area contributed by atoms with Crippen LogP contribution >= 0.6 is 0 Å². The van der Waals surface area contributed by atoms with Crippen molar-refractivity contribution in [2.45, 2.75) is 46.0 Å². The van der Waals surface area contributed by atoms with Gasteiger partial charge in [0.05, 0.1) is 46.2 Å². The number of unbranched alkanes of at least 4 members (excludes halogenated alkanes) is 2. The van der Waals surface area contributed by atoms with Gasteiger partial charge in [-0.25, -0.2) is 0 Å². The van der Waals surface area contributed by atoms with E-state index in [0.717, 1.165) is 32.3 Å². The Kier molecular flexibility index (Phi) is 18.8. The minimum atomic E-state index is 0.110. The van der Waals surface area contributed by atoms with Crippen LogP contribution in [0, 0.1) is 0 Å². The highest BCUT2D eigenvalue weighted by molar-refractivity contribution is 5.75. The van der Waals surface area contributed by atoms with E-state index in [1.807, 2.05) is 0 Å². The van der Waals surface area contributed by atoms with Crippen molar-refractivity contribution in [3.63, 3.8) is 0 Å². The molecule has 0 aromatic heterocycles. The molecule has 0 rings (SSSR count). The SMILES string of the molecule is CCCCCC(=O)NCCOCCOCCOCCOCCC. The highest BCUT2D eigenvalue weighted by Crippen LogP contribution is 1.97. The third kappa shape index (κ3) is 19.3. The van der Waals surface area contributed by atoms with E-state index in [2.05, 4.69) is 19.2 Å². The summed E-state index contributed by atoms with van der Waals surface area (Å²) >= 11 is 0. The average Bonchev–Trinajstić information content (AvgIpc) is 2.55. The number of carbonyl (C=O) groups excluding carboxylic acids is 1. The Morgan fingerprint density at radius 2 is 1.22 bits per heavy atom. The zero-order valence-corrected chi connectivity index (χ0v) is 14.9. The molecule has 6 nitrogen and oxygen atoms in total. The van der Waals surface area contributed by atoms with E-state index in [9.17, 15) is 4.79 Å². The summed E-state index contributed by atoms with van der Waals surface area (Å²) < 4.78 is 21.4. The third-order valence-electron chi connectivity index (χ3n) is 3.04. The van der Waals surface area contributed by atoms with Gasteiger partial charge in [-0.05, 0) is 12.8 Å². The molecule has 138 valence electrons. The number of rotatable bonds is 18. The van der Waals surface area contributed by atoms with Crippen LogP contribution in [0.25, 0.3) is 0 Å². The number of amides is 1. The van der Waals surface area contributed by atoms with E-state index >= 15 is 0 Å². The average molecular weight is 333 g/mol. The van der Waals surface area contributed by atoms with Crippen molar-refractivity contribution in [2.24, 2.45) is 0 Å². The van der Waals surface area contributed by atoms with Gasteiger partial charge in [0.15, 0.2) is 0 Å². The Bertz CT molecular complexity index is 251. The van der Waals surface area contributed by atoms with Crippen LogP contribution in [0.1, 0.15) is 46.0 Å². The molecule has 1 amide bonds. The molecular weight excluding hydrogens is 298 g/mol. The molecule has 0 saturated carbocycles. The summed E-state index contributed by atoms with van der Waals surface area (Å²) in [5.74, 6) is 0.110. The van der Waals surface area contributed by atoms with E-state index in [1.54, 1.807) is 0 Å². The van der Waals surface area contributed by atoms with E-state index in [-0.39, 0.29) is 5.91 Å². The summed E-state index contributed by atoms with van der Waals surface area (Å²) in [5.41, 5.74) is 0. The summed E-state index contributed by atoms with van der Waals surface area (Å²) in [6.07, 6.45) is 4.85. The fraction of sp³-hybridized carbons (Fsp3) is 0.941.